The number of nitrogens with two attached hydrogens (primary N) is 2. The van der Waals surface area contributed by atoms with Crippen molar-refractivity contribution in [3.63, 3.8) is 0 Å². The molecule has 0 bridgehead atoms. The van der Waals surface area contributed by atoms with E-state index in [1.807, 2.05) is 0 Å². The van der Waals surface area contributed by atoms with Gasteiger partial charge in [-0.1, -0.05) is 0 Å². The van der Waals surface area contributed by atoms with Crippen LogP contribution in [0, 0.1) is 0 Å². The van der Waals surface area contributed by atoms with E-state index in [1.54, 1.807) is 75.0 Å². The molecule has 8 rings (SSSR count). The molecule has 522 valence electrons. The Kier molecular flexibility index (Phi) is 24.9. The smallest absolute Gasteiger partial charge is 0.292 e. The van der Waals surface area contributed by atoms with Crippen LogP contribution >= 0.6 is 0 Å². The van der Waals surface area contributed by atoms with E-state index in [2.05, 4.69) is 68.1 Å². The summed E-state index contributed by atoms with van der Waals surface area (Å²) in [5.41, 5.74) is 14.0. The summed E-state index contributed by atoms with van der Waals surface area (Å²) in [5, 5.41) is 27.2. The van der Waals surface area contributed by atoms with Gasteiger partial charge < -0.3 is 115 Å². The van der Waals surface area contributed by atoms with Gasteiger partial charge in [-0.2, -0.15) is 0 Å². The van der Waals surface area contributed by atoms with E-state index in [4.69, 9.17) is 25.7 Å². The highest BCUT2D eigenvalue weighted by Crippen LogP contribution is 2.23. The summed E-state index contributed by atoms with van der Waals surface area (Å²) in [6, 6.07) is 6.24. The van der Waals surface area contributed by atoms with Gasteiger partial charge in [-0.15, -0.1) is 0 Å². The van der Waals surface area contributed by atoms with Gasteiger partial charge in [-0.25, -0.2) is 15.0 Å². The number of aromatic nitrogens is 11. The Morgan fingerprint density at radius 1 is 0.408 bits per heavy atom. The number of carbonyl (C=O) groups excluding carboxylic acids is 10. The number of anilines is 7. The molecule has 1 atom stereocenters. The molecular formula is C62H81N23O13. The Morgan fingerprint density at radius 3 is 1.21 bits per heavy atom. The van der Waals surface area contributed by atoms with Gasteiger partial charge in [0.25, 0.3) is 47.3 Å². The van der Waals surface area contributed by atoms with Crippen molar-refractivity contribution < 1.29 is 62.2 Å². The van der Waals surface area contributed by atoms with Gasteiger partial charge >= 0.3 is 0 Å². The fraction of sp³-hybridized carbons (Fsp3) is 0.371. The number of aryl methyl sites for hydroxylation is 8. The summed E-state index contributed by atoms with van der Waals surface area (Å²) in [7, 11) is 12.8. The first-order valence-electron chi connectivity index (χ1n) is 30.9. The van der Waals surface area contributed by atoms with E-state index >= 15 is 0 Å². The number of carbonyl (C=O) groups is 10. The fourth-order valence-corrected chi connectivity index (χ4v) is 9.87. The average Bonchev–Trinajstić information content (AvgIpc) is 1.72. The topological polar surface area (TPSA) is 449 Å². The largest absolute Gasteiger partial charge is 0.379 e. The van der Waals surface area contributed by atoms with Crippen molar-refractivity contribution in [2.24, 2.45) is 67.8 Å². The molecule has 0 radical (unpaired) electrons. The van der Waals surface area contributed by atoms with E-state index in [9.17, 15) is 47.9 Å². The van der Waals surface area contributed by atoms with E-state index in [0.717, 1.165) is 6.42 Å². The second kappa shape index (κ2) is 33.8. The Labute approximate surface area is 561 Å². The number of imidazole rings is 3. The fourth-order valence-electron chi connectivity index (χ4n) is 9.87. The number of rotatable bonds is 35. The van der Waals surface area contributed by atoms with Crippen molar-refractivity contribution in [2.45, 2.75) is 31.7 Å². The molecule has 10 amide bonds. The van der Waals surface area contributed by atoms with Crippen LogP contribution in [0.3, 0.4) is 0 Å². The number of ether oxygens (including phenoxy) is 3. The minimum Gasteiger partial charge on any atom is -0.379 e. The molecule has 8 aromatic heterocycles. The zero-order valence-corrected chi connectivity index (χ0v) is 55.4. The molecule has 36 nitrogen and oxygen atoms in total. The predicted molar refractivity (Wildman–Crippen MR) is 359 cm³/mol. The summed E-state index contributed by atoms with van der Waals surface area (Å²) in [6.45, 7) is 3.97. The van der Waals surface area contributed by atoms with Gasteiger partial charge in [-0.05, 0) is 56.1 Å². The maximum atomic E-state index is 13.6. The Bertz CT molecular complexity index is 4210. The first-order valence-corrected chi connectivity index (χ1v) is 30.9. The average molecular weight is 1360 g/mol. The zero-order chi connectivity index (χ0) is 70.7. The van der Waals surface area contributed by atoms with E-state index < -0.39 is 59.2 Å². The lowest BCUT2D eigenvalue weighted by molar-refractivity contribution is -0.121. The van der Waals surface area contributed by atoms with Crippen molar-refractivity contribution in [1.29, 1.82) is 0 Å². The number of nitrogens with one attached hydrogen (secondary N) is 10. The first-order chi connectivity index (χ1) is 46.8. The van der Waals surface area contributed by atoms with Crippen LogP contribution in [0.5, 0.6) is 0 Å². The molecule has 0 aromatic carbocycles. The molecule has 0 spiro atoms. The summed E-state index contributed by atoms with van der Waals surface area (Å²) < 4.78 is 28.2. The third kappa shape index (κ3) is 19.6. The van der Waals surface area contributed by atoms with E-state index in [1.165, 1.54) is 104 Å². The van der Waals surface area contributed by atoms with Crippen molar-refractivity contribution in [3.8, 4) is 0 Å². The maximum Gasteiger partial charge on any atom is 0.292 e. The third-order valence-corrected chi connectivity index (χ3v) is 14.9. The highest BCUT2D eigenvalue weighted by atomic mass is 16.5. The lowest BCUT2D eigenvalue weighted by Crippen LogP contribution is -2.39. The van der Waals surface area contributed by atoms with Gasteiger partial charge in [0, 0.05) is 151 Å². The van der Waals surface area contributed by atoms with Gasteiger partial charge in [0.1, 0.15) is 28.5 Å². The molecule has 14 N–H and O–H groups in total. The number of hydrogen-bond donors (Lipinski definition) is 12. The zero-order valence-electron chi connectivity index (χ0n) is 55.4. The SMILES string of the molecule is Cn1cc(NC(=O)c2cc(NC(=O)c3cc(NC(=O)c4cc(NC(=O)[C@H](N)CCNC(=O)c5cc(NC(=O)c6nc(NC(=O)c7nc(NC(=O)c8nccn8C)cn7C)cn6C)cn5C)cn4C)cn3C)cn2C)cc1C(=O)NCCC(=O)NCCCOCCOCCOCCCN. The normalized spacial score (nSPS) is 11.4. The second-order valence-corrected chi connectivity index (χ2v) is 22.7. The highest BCUT2D eigenvalue weighted by molar-refractivity contribution is 6.10. The van der Waals surface area contributed by atoms with Crippen LogP contribution in [0.25, 0.3) is 0 Å². The maximum absolute atomic E-state index is 13.6. The van der Waals surface area contributed by atoms with Crippen LogP contribution in [-0.4, -0.2) is 182 Å². The number of nitrogens with zero attached hydrogens (tertiary/aromatic N) is 11. The summed E-state index contributed by atoms with van der Waals surface area (Å²) in [5.74, 6) is -5.11. The molecule has 0 saturated carbocycles. The Morgan fingerprint density at radius 2 is 0.786 bits per heavy atom. The Hall–Kier alpha value is -11.5. The molecule has 0 saturated heterocycles. The summed E-state index contributed by atoms with van der Waals surface area (Å²) in [4.78, 5) is 144. The predicted octanol–water partition coefficient (Wildman–Crippen LogP) is 1.20. The molecule has 98 heavy (non-hydrogen) atoms. The molecule has 0 aliphatic heterocycles. The van der Waals surface area contributed by atoms with Crippen LogP contribution in [-0.2, 0) is 80.2 Å². The van der Waals surface area contributed by atoms with Crippen molar-refractivity contribution in [3.05, 3.63) is 132 Å². The summed E-state index contributed by atoms with van der Waals surface area (Å²) in [6.07, 6.45) is 15.1. The molecule has 0 fully saturated rings. The van der Waals surface area contributed by atoms with E-state index in [0.29, 0.717) is 70.5 Å². The van der Waals surface area contributed by atoms with Crippen LogP contribution in [0.4, 0.5) is 40.1 Å². The third-order valence-electron chi connectivity index (χ3n) is 14.9. The number of amides is 10. The van der Waals surface area contributed by atoms with Crippen LogP contribution < -0.4 is 64.6 Å². The minimum absolute atomic E-state index is 0.0110. The monoisotopic (exact) mass is 1360 g/mol. The van der Waals surface area contributed by atoms with Gasteiger partial charge in [0.15, 0.2) is 17.5 Å². The van der Waals surface area contributed by atoms with Crippen molar-refractivity contribution >= 4 is 99.1 Å². The number of hydrogen-bond acceptors (Lipinski definition) is 18. The molecule has 0 aliphatic rings. The molecular weight excluding hydrogens is 1270 g/mol. The molecule has 36 heteroatoms. The van der Waals surface area contributed by atoms with Gasteiger partial charge in [0.05, 0.1) is 60.9 Å². The lowest BCUT2D eigenvalue weighted by Gasteiger charge is -2.12. The standard InChI is InChI=1S/C62H81N23O13/c1-78-18-17-66-51(78)60(93)76-48-35-85(8)53(75-48)62(95)77-49-36-84(7)52(74-49)61(94)73-41-26-44(80(3)34-41)55(88)67-15-11-42(64)54(87)69-37-27-45(81(4)30-37)57(90)71-39-29-47(83(6)32-39)59(92)72-40-28-46(82(5)33-40)58(91)70-38-25-43(79(2)31-38)56(89)68-16-12-50(86)65-14-10-20-97-22-24-98-23-21-96-19-9-13-63/h17-18,25-36,42H,9-16,19-24,63-64H2,1-8H3,(H,65,86)(H,67,88)(H,68,89)(H,69,87)(H,70,91)(H,71,90)(H,72,92)(H,73,94)(H,76,93)(H,77,95)/t42-/m1/s1. The molecule has 0 unspecified atom stereocenters. The van der Waals surface area contributed by atoms with Crippen LogP contribution in [0.2, 0.25) is 0 Å². The molecule has 8 aromatic rings. The minimum atomic E-state index is -1.09. The van der Waals surface area contributed by atoms with Crippen LogP contribution in [0.1, 0.15) is 110 Å². The lowest BCUT2D eigenvalue weighted by atomic mass is 10.2. The van der Waals surface area contributed by atoms with Crippen molar-refractivity contribution in [1.82, 2.24) is 67.4 Å². The Balaban J connectivity index is 0.726. The van der Waals surface area contributed by atoms with Gasteiger partial charge in [0.2, 0.25) is 23.5 Å². The summed E-state index contributed by atoms with van der Waals surface area (Å²) >= 11 is 0. The van der Waals surface area contributed by atoms with Crippen molar-refractivity contribution in [2.75, 3.05) is 103 Å². The van der Waals surface area contributed by atoms with Gasteiger partial charge in [-0.3, -0.25) is 47.9 Å². The first kappa shape index (κ1) is 72.4. The molecule has 8 heterocycles. The van der Waals surface area contributed by atoms with Crippen LogP contribution in [0.15, 0.2) is 86.1 Å². The second-order valence-electron chi connectivity index (χ2n) is 22.7. The molecule has 0 aliphatic carbocycles. The quantitative estimate of drug-likeness (QED) is 0.0248. The highest BCUT2D eigenvalue weighted by Gasteiger charge is 2.25. The van der Waals surface area contributed by atoms with E-state index in [-0.39, 0.29) is 106 Å².